The van der Waals surface area contributed by atoms with Crippen LogP contribution in [0.25, 0.3) is 0 Å². The van der Waals surface area contributed by atoms with Crippen LogP contribution in [0.3, 0.4) is 0 Å². The number of hydrogen-bond acceptors (Lipinski definition) is 2. The number of nitrogens with zero attached hydrogens (tertiary/aromatic N) is 1. The molecule has 2 saturated carbocycles. The van der Waals surface area contributed by atoms with Crippen molar-refractivity contribution in [3.63, 3.8) is 0 Å². The molecule has 1 N–H and O–H groups in total. The molecule has 2 nitrogen and oxygen atoms in total. The van der Waals surface area contributed by atoms with Gasteiger partial charge in [0.05, 0.1) is 0 Å². The van der Waals surface area contributed by atoms with E-state index in [1.54, 1.807) is 0 Å². The molecule has 2 aliphatic rings. The summed E-state index contributed by atoms with van der Waals surface area (Å²) in [5.41, 5.74) is 0. The lowest BCUT2D eigenvalue weighted by molar-refractivity contribution is 0.218. The number of nitrogens with one attached hydrogen (secondary N) is 1. The topological polar surface area (TPSA) is 15.3 Å². The number of rotatable bonds is 7. The minimum atomic E-state index is 0.805. The molecule has 2 aliphatic carbocycles. The van der Waals surface area contributed by atoms with E-state index in [0.717, 1.165) is 24.4 Å². The van der Waals surface area contributed by atoms with Crippen LogP contribution >= 0.6 is 0 Å². The molecule has 0 radical (unpaired) electrons. The van der Waals surface area contributed by atoms with E-state index in [0.29, 0.717) is 0 Å². The van der Waals surface area contributed by atoms with Gasteiger partial charge in [-0.2, -0.15) is 0 Å². The highest BCUT2D eigenvalue weighted by Gasteiger charge is 2.33. The van der Waals surface area contributed by atoms with Crippen molar-refractivity contribution in [3.05, 3.63) is 0 Å². The minimum absolute atomic E-state index is 0.805. The maximum atomic E-state index is 3.27. The van der Waals surface area contributed by atoms with Crippen molar-refractivity contribution < 1.29 is 0 Å². The molecule has 14 heavy (non-hydrogen) atoms. The van der Waals surface area contributed by atoms with Crippen LogP contribution in [-0.4, -0.2) is 37.6 Å². The molecule has 0 amide bonds. The lowest BCUT2D eigenvalue weighted by Gasteiger charge is -2.25. The molecular formula is C12H24N2. The molecular weight excluding hydrogens is 172 g/mol. The Hall–Kier alpha value is -0.0800. The van der Waals surface area contributed by atoms with Crippen LogP contribution in [-0.2, 0) is 0 Å². The van der Waals surface area contributed by atoms with E-state index >= 15 is 0 Å². The average Bonchev–Trinajstić information content (AvgIpc) is 3.00. The van der Waals surface area contributed by atoms with Gasteiger partial charge in [0.15, 0.2) is 0 Å². The van der Waals surface area contributed by atoms with Crippen molar-refractivity contribution in [2.24, 2.45) is 11.8 Å². The second-order valence-corrected chi connectivity index (χ2v) is 5.29. The minimum Gasteiger partial charge on any atom is -0.319 e. The second-order valence-electron chi connectivity index (χ2n) is 5.29. The molecule has 0 aliphatic heterocycles. The van der Waals surface area contributed by atoms with Gasteiger partial charge < -0.3 is 5.32 Å². The molecule has 0 spiro atoms. The molecule has 0 saturated heterocycles. The van der Waals surface area contributed by atoms with Gasteiger partial charge in [-0.3, -0.25) is 4.90 Å². The molecule has 0 aromatic heterocycles. The summed E-state index contributed by atoms with van der Waals surface area (Å²) in [4.78, 5) is 2.75. The Bertz CT molecular complexity index is 173. The van der Waals surface area contributed by atoms with Gasteiger partial charge in [0.25, 0.3) is 0 Å². The van der Waals surface area contributed by atoms with Gasteiger partial charge in [0.1, 0.15) is 0 Å². The monoisotopic (exact) mass is 196 g/mol. The van der Waals surface area contributed by atoms with Crippen molar-refractivity contribution in [2.45, 2.75) is 38.6 Å². The molecule has 2 heteroatoms. The fourth-order valence-electron chi connectivity index (χ4n) is 2.26. The van der Waals surface area contributed by atoms with Gasteiger partial charge in [-0.25, -0.2) is 0 Å². The third-order valence-electron chi connectivity index (χ3n) is 3.35. The van der Waals surface area contributed by atoms with E-state index < -0.39 is 0 Å². The Morgan fingerprint density at radius 2 is 2.00 bits per heavy atom. The van der Waals surface area contributed by atoms with Crippen LogP contribution in [0.1, 0.15) is 32.6 Å². The molecule has 0 bridgehead atoms. The first-order valence-electron chi connectivity index (χ1n) is 6.18. The fourth-order valence-corrected chi connectivity index (χ4v) is 2.26. The normalized spacial score (nSPS) is 24.2. The van der Waals surface area contributed by atoms with Crippen LogP contribution in [0.5, 0.6) is 0 Å². The Balaban J connectivity index is 1.71. The Kier molecular flexibility index (Phi) is 3.45. The maximum Gasteiger partial charge on any atom is 0.00966 e. The van der Waals surface area contributed by atoms with E-state index in [9.17, 15) is 0 Å². The Morgan fingerprint density at radius 3 is 2.50 bits per heavy atom. The summed E-state index contributed by atoms with van der Waals surface area (Å²) in [5.74, 6) is 1.86. The summed E-state index contributed by atoms with van der Waals surface area (Å²) in [6, 6.07) is 0.954. The lowest BCUT2D eigenvalue weighted by Crippen LogP contribution is -2.35. The van der Waals surface area contributed by atoms with Crippen molar-refractivity contribution in [1.82, 2.24) is 10.2 Å². The van der Waals surface area contributed by atoms with Crippen LogP contribution in [0.15, 0.2) is 0 Å². The third kappa shape index (κ3) is 3.25. The smallest absolute Gasteiger partial charge is 0.00966 e. The fraction of sp³-hybridized carbons (Fsp3) is 1.00. The van der Waals surface area contributed by atoms with Gasteiger partial charge in [-0.15, -0.1) is 0 Å². The van der Waals surface area contributed by atoms with E-state index in [2.05, 4.69) is 24.2 Å². The summed E-state index contributed by atoms with van der Waals surface area (Å²) < 4.78 is 0. The quantitative estimate of drug-likeness (QED) is 0.667. The third-order valence-corrected chi connectivity index (χ3v) is 3.35. The Labute approximate surface area is 88.1 Å². The first kappa shape index (κ1) is 10.4. The zero-order valence-electron chi connectivity index (χ0n) is 9.63. The summed E-state index contributed by atoms with van der Waals surface area (Å²) >= 11 is 0. The standard InChI is InChI=1S/C12H24N2/c1-10(7-13-2)8-14(12-5-6-12)9-11-3-4-11/h10-13H,3-9H2,1-2H3. The Morgan fingerprint density at radius 1 is 1.29 bits per heavy atom. The number of hydrogen-bond donors (Lipinski definition) is 1. The van der Waals surface area contributed by atoms with Gasteiger partial charge in [-0.1, -0.05) is 6.92 Å². The lowest BCUT2D eigenvalue weighted by atomic mass is 10.1. The first-order valence-corrected chi connectivity index (χ1v) is 6.18. The molecule has 0 aromatic carbocycles. The van der Waals surface area contributed by atoms with Gasteiger partial charge in [-0.05, 0) is 51.1 Å². The SMILES string of the molecule is CNCC(C)CN(CC1CC1)C1CC1. The van der Waals surface area contributed by atoms with Crippen molar-refractivity contribution in [3.8, 4) is 0 Å². The van der Waals surface area contributed by atoms with Gasteiger partial charge in [0, 0.05) is 19.1 Å². The molecule has 0 aromatic rings. The van der Waals surface area contributed by atoms with E-state index in [1.807, 2.05) is 0 Å². The summed E-state index contributed by atoms with van der Waals surface area (Å²) in [6.45, 7) is 6.22. The van der Waals surface area contributed by atoms with E-state index in [-0.39, 0.29) is 0 Å². The zero-order chi connectivity index (χ0) is 9.97. The van der Waals surface area contributed by atoms with Gasteiger partial charge in [0.2, 0.25) is 0 Å². The van der Waals surface area contributed by atoms with Crippen molar-refractivity contribution >= 4 is 0 Å². The highest BCUT2D eigenvalue weighted by atomic mass is 15.2. The predicted molar refractivity (Wildman–Crippen MR) is 60.4 cm³/mol. The molecule has 1 atom stereocenters. The second kappa shape index (κ2) is 4.63. The summed E-state index contributed by atoms with van der Waals surface area (Å²) in [6.07, 6.45) is 5.89. The molecule has 0 heterocycles. The predicted octanol–water partition coefficient (Wildman–Crippen LogP) is 1.72. The van der Waals surface area contributed by atoms with Crippen LogP contribution in [0, 0.1) is 11.8 Å². The van der Waals surface area contributed by atoms with Crippen molar-refractivity contribution in [1.29, 1.82) is 0 Å². The van der Waals surface area contributed by atoms with Gasteiger partial charge >= 0.3 is 0 Å². The van der Waals surface area contributed by atoms with E-state index in [1.165, 1.54) is 38.8 Å². The van der Waals surface area contributed by atoms with Crippen LogP contribution < -0.4 is 5.32 Å². The molecule has 1 unspecified atom stereocenters. The average molecular weight is 196 g/mol. The summed E-state index contributed by atoms with van der Waals surface area (Å²) in [5, 5.41) is 3.27. The zero-order valence-corrected chi connectivity index (χ0v) is 9.63. The summed E-state index contributed by atoms with van der Waals surface area (Å²) in [7, 11) is 2.05. The van der Waals surface area contributed by atoms with Crippen LogP contribution in [0.4, 0.5) is 0 Å². The maximum absolute atomic E-state index is 3.27. The van der Waals surface area contributed by atoms with Crippen LogP contribution in [0.2, 0.25) is 0 Å². The van der Waals surface area contributed by atoms with E-state index in [4.69, 9.17) is 0 Å². The molecule has 2 fully saturated rings. The largest absolute Gasteiger partial charge is 0.319 e. The highest BCUT2D eigenvalue weighted by molar-refractivity contribution is 4.89. The highest BCUT2D eigenvalue weighted by Crippen LogP contribution is 2.35. The molecule has 2 rings (SSSR count). The van der Waals surface area contributed by atoms with Crippen molar-refractivity contribution in [2.75, 3.05) is 26.7 Å². The first-order chi connectivity index (χ1) is 6.79. The molecule has 82 valence electrons.